The molecule has 0 aliphatic rings. The van der Waals surface area contributed by atoms with Gasteiger partial charge in [0, 0.05) is 12.4 Å². The molecule has 0 unspecified atom stereocenters. The molecule has 0 radical (unpaired) electrons. The van der Waals surface area contributed by atoms with Crippen LogP contribution in [0.3, 0.4) is 0 Å². The first-order chi connectivity index (χ1) is 12.3. The maximum Gasteiger partial charge on any atom is 0.222 e. The third-order valence-corrected chi connectivity index (χ3v) is 4.89. The quantitative estimate of drug-likeness (QED) is 0.557. The van der Waals surface area contributed by atoms with Gasteiger partial charge in [-0.15, -0.1) is 0 Å². The van der Waals surface area contributed by atoms with E-state index in [1.807, 2.05) is 54.2 Å². The summed E-state index contributed by atoms with van der Waals surface area (Å²) in [6.07, 6.45) is 4.38. The summed E-state index contributed by atoms with van der Waals surface area (Å²) in [7, 11) is 0. The van der Waals surface area contributed by atoms with Crippen molar-refractivity contribution in [3.8, 4) is 0 Å². The standard InChI is InChI=1S/C19H18N4OS/c24-19(20-12-18-21-15-5-1-2-6-16(15)22-18)11-17(14-7-10-25-13-14)23-8-3-4-9-23/h1-10,13,17H,11-12H2,(H,20,24)(H,21,22)/t17-/m1/s1. The number of thiophene rings is 1. The molecular weight excluding hydrogens is 332 g/mol. The summed E-state index contributed by atoms with van der Waals surface area (Å²) in [5.41, 5.74) is 3.05. The number of amides is 1. The van der Waals surface area contributed by atoms with E-state index in [0.29, 0.717) is 13.0 Å². The predicted octanol–water partition coefficient (Wildman–Crippen LogP) is 3.72. The van der Waals surface area contributed by atoms with Gasteiger partial charge in [0.25, 0.3) is 0 Å². The van der Waals surface area contributed by atoms with E-state index in [4.69, 9.17) is 0 Å². The van der Waals surface area contributed by atoms with Crippen molar-refractivity contribution < 1.29 is 4.79 Å². The zero-order chi connectivity index (χ0) is 17.1. The molecule has 0 fully saturated rings. The number of para-hydroxylation sites is 2. The highest BCUT2D eigenvalue weighted by Crippen LogP contribution is 2.24. The van der Waals surface area contributed by atoms with Crippen LogP contribution >= 0.6 is 11.3 Å². The molecule has 1 aromatic carbocycles. The van der Waals surface area contributed by atoms with Crippen molar-refractivity contribution >= 4 is 28.3 Å². The summed E-state index contributed by atoms with van der Waals surface area (Å²) in [6, 6.07) is 13.9. The molecular formula is C19H18N4OS. The number of nitrogens with one attached hydrogen (secondary N) is 2. The maximum atomic E-state index is 12.5. The Labute approximate surface area is 149 Å². The number of benzene rings is 1. The van der Waals surface area contributed by atoms with Crippen molar-refractivity contribution in [1.82, 2.24) is 19.9 Å². The largest absolute Gasteiger partial charge is 0.349 e. The molecule has 3 aromatic heterocycles. The van der Waals surface area contributed by atoms with Gasteiger partial charge in [0.2, 0.25) is 5.91 Å². The molecule has 4 aromatic rings. The summed E-state index contributed by atoms with van der Waals surface area (Å²) < 4.78 is 2.07. The fraction of sp³-hybridized carbons (Fsp3) is 0.158. The Bertz CT molecular complexity index is 889. The van der Waals surface area contributed by atoms with E-state index in [-0.39, 0.29) is 11.9 Å². The third-order valence-electron chi connectivity index (χ3n) is 4.19. The monoisotopic (exact) mass is 350 g/mol. The fourth-order valence-electron chi connectivity index (χ4n) is 2.94. The lowest BCUT2D eigenvalue weighted by Crippen LogP contribution is -2.26. The van der Waals surface area contributed by atoms with Crippen LogP contribution in [0, 0.1) is 0 Å². The fourth-order valence-corrected chi connectivity index (χ4v) is 3.64. The molecule has 0 bridgehead atoms. The van der Waals surface area contributed by atoms with E-state index in [0.717, 1.165) is 22.4 Å². The SMILES string of the molecule is O=C(C[C@H](c1ccsc1)n1cccc1)NCc1nc2ccccc2[nH]1. The lowest BCUT2D eigenvalue weighted by atomic mass is 10.1. The van der Waals surface area contributed by atoms with Gasteiger partial charge in [0.1, 0.15) is 5.82 Å². The van der Waals surface area contributed by atoms with Crippen molar-refractivity contribution in [1.29, 1.82) is 0 Å². The highest BCUT2D eigenvalue weighted by molar-refractivity contribution is 7.08. The van der Waals surface area contributed by atoms with Crippen molar-refractivity contribution in [2.24, 2.45) is 0 Å². The number of aromatic amines is 1. The van der Waals surface area contributed by atoms with Crippen LogP contribution in [0.25, 0.3) is 11.0 Å². The lowest BCUT2D eigenvalue weighted by molar-refractivity contribution is -0.121. The van der Waals surface area contributed by atoms with Gasteiger partial charge in [0.15, 0.2) is 0 Å². The highest BCUT2D eigenvalue weighted by atomic mass is 32.1. The van der Waals surface area contributed by atoms with Crippen LogP contribution in [0.15, 0.2) is 65.6 Å². The van der Waals surface area contributed by atoms with E-state index in [9.17, 15) is 4.79 Å². The van der Waals surface area contributed by atoms with Crippen molar-refractivity contribution in [2.45, 2.75) is 19.0 Å². The summed E-state index contributed by atoms with van der Waals surface area (Å²) in [5, 5.41) is 7.11. The number of H-pyrrole nitrogens is 1. The summed E-state index contributed by atoms with van der Waals surface area (Å²) >= 11 is 1.64. The average molecular weight is 350 g/mol. The second-order valence-electron chi connectivity index (χ2n) is 5.88. The summed E-state index contributed by atoms with van der Waals surface area (Å²) in [4.78, 5) is 20.2. The first-order valence-electron chi connectivity index (χ1n) is 8.14. The number of aromatic nitrogens is 3. The molecule has 1 amide bonds. The maximum absolute atomic E-state index is 12.5. The Morgan fingerprint density at radius 2 is 2.04 bits per heavy atom. The zero-order valence-electron chi connectivity index (χ0n) is 13.6. The normalized spacial score (nSPS) is 12.3. The molecule has 0 spiro atoms. The van der Waals surface area contributed by atoms with Crippen molar-refractivity contribution in [2.75, 3.05) is 0 Å². The Balaban J connectivity index is 1.43. The molecule has 1 atom stereocenters. The Morgan fingerprint density at radius 1 is 1.20 bits per heavy atom. The van der Waals surface area contributed by atoms with Crippen LogP contribution in [-0.4, -0.2) is 20.4 Å². The molecule has 0 saturated carbocycles. The minimum Gasteiger partial charge on any atom is -0.349 e. The minimum absolute atomic E-state index is 0.00496. The van der Waals surface area contributed by atoms with Gasteiger partial charge < -0.3 is 14.9 Å². The number of carbonyl (C=O) groups is 1. The van der Waals surface area contributed by atoms with Gasteiger partial charge in [-0.25, -0.2) is 4.98 Å². The van der Waals surface area contributed by atoms with Crippen LogP contribution in [-0.2, 0) is 11.3 Å². The molecule has 2 N–H and O–H groups in total. The zero-order valence-corrected chi connectivity index (χ0v) is 14.4. The van der Waals surface area contributed by atoms with Crippen molar-refractivity contribution in [3.63, 3.8) is 0 Å². The van der Waals surface area contributed by atoms with Crippen LogP contribution in [0.1, 0.15) is 23.9 Å². The molecule has 126 valence electrons. The number of imidazole rings is 1. The second-order valence-corrected chi connectivity index (χ2v) is 6.66. The third kappa shape index (κ3) is 3.49. The smallest absolute Gasteiger partial charge is 0.222 e. The first-order valence-corrected chi connectivity index (χ1v) is 9.09. The first kappa shape index (κ1) is 15.7. The predicted molar refractivity (Wildman–Crippen MR) is 99.4 cm³/mol. The van der Waals surface area contributed by atoms with Gasteiger partial charge in [-0.3, -0.25) is 4.79 Å². The molecule has 3 heterocycles. The molecule has 0 aliphatic carbocycles. The van der Waals surface area contributed by atoms with E-state index in [1.54, 1.807) is 11.3 Å². The molecule has 0 aliphatic heterocycles. The molecule has 25 heavy (non-hydrogen) atoms. The van der Waals surface area contributed by atoms with Crippen LogP contribution < -0.4 is 5.32 Å². The topological polar surface area (TPSA) is 62.7 Å². The molecule has 6 heteroatoms. The van der Waals surface area contributed by atoms with Gasteiger partial charge >= 0.3 is 0 Å². The van der Waals surface area contributed by atoms with Crippen LogP contribution in [0.5, 0.6) is 0 Å². The van der Waals surface area contributed by atoms with Gasteiger partial charge in [-0.1, -0.05) is 12.1 Å². The molecule has 5 nitrogen and oxygen atoms in total. The van der Waals surface area contributed by atoms with E-state index < -0.39 is 0 Å². The number of fused-ring (bicyclic) bond motifs is 1. The van der Waals surface area contributed by atoms with Gasteiger partial charge in [0.05, 0.1) is 30.0 Å². The van der Waals surface area contributed by atoms with E-state index in [2.05, 4.69) is 31.3 Å². The van der Waals surface area contributed by atoms with Crippen molar-refractivity contribution in [3.05, 3.63) is 77.0 Å². The number of rotatable bonds is 6. The number of nitrogens with zero attached hydrogens (tertiary/aromatic N) is 2. The number of hydrogen-bond acceptors (Lipinski definition) is 3. The molecule has 0 saturated heterocycles. The average Bonchev–Trinajstić information content (AvgIpc) is 3.39. The van der Waals surface area contributed by atoms with E-state index in [1.165, 1.54) is 0 Å². The van der Waals surface area contributed by atoms with Crippen LogP contribution in [0.2, 0.25) is 0 Å². The lowest BCUT2D eigenvalue weighted by Gasteiger charge is -2.17. The number of carbonyl (C=O) groups excluding carboxylic acids is 1. The van der Waals surface area contributed by atoms with Gasteiger partial charge in [-0.2, -0.15) is 11.3 Å². The number of hydrogen-bond donors (Lipinski definition) is 2. The minimum atomic E-state index is 0.00496. The molecule has 4 rings (SSSR count). The highest BCUT2D eigenvalue weighted by Gasteiger charge is 2.18. The Hall–Kier alpha value is -2.86. The van der Waals surface area contributed by atoms with E-state index >= 15 is 0 Å². The Morgan fingerprint density at radius 3 is 2.80 bits per heavy atom. The van der Waals surface area contributed by atoms with Gasteiger partial charge in [-0.05, 0) is 46.7 Å². The van der Waals surface area contributed by atoms with Crippen LogP contribution in [0.4, 0.5) is 0 Å². The summed E-state index contributed by atoms with van der Waals surface area (Å²) in [6.45, 7) is 0.398. The summed E-state index contributed by atoms with van der Waals surface area (Å²) in [5.74, 6) is 0.771. The Kier molecular flexibility index (Phi) is 4.35. The second kappa shape index (κ2) is 6.94.